The average Bonchev–Trinajstić information content (AvgIpc) is 1.84. The summed E-state index contributed by atoms with van der Waals surface area (Å²) in [5, 5.41) is 2.87. The molecule has 0 aliphatic rings. The summed E-state index contributed by atoms with van der Waals surface area (Å²) < 4.78 is -0.440. The van der Waals surface area contributed by atoms with Crippen LogP contribution in [0.15, 0.2) is 0 Å². The van der Waals surface area contributed by atoms with E-state index in [1.807, 2.05) is 13.8 Å². The standard InChI is InChI=1S/C9H18BrNO/c1-7(2)5-6-11-8(12)9(3,4)10/h7H,5-6H2,1-4H3,(H,11,12). The minimum absolute atomic E-state index is 0.0585. The van der Waals surface area contributed by atoms with Gasteiger partial charge in [0.15, 0.2) is 0 Å². The summed E-state index contributed by atoms with van der Waals surface area (Å²) in [6, 6.07) is 0. The lowest BCUT2D eigenvalue weighted by molar-refractivity contribution is -0.122. The first kappa shape index (κ1) is 11.9. The minimum Gasteiger partial charge on any atom is -0.355 e. The van der Waals surface area contributed by atoms with E-state index in [9.17, 15) is 4.79 Å². The Kier molecular flexibility index (Phi) is 4.83. The van der Waals surface area contributed by atoms with Gasteiger partial charge in [-0.05, 0) is 26.2 Å². The highest BCUT2D eigenvalue weighted by Gasteiger charge is 2.22. The second-order valence-electron chi connectivity index (χ2n) is 3.91. The summed E-state index contributed by atoms with van der Waals surface area (Å²) in [5.41, 5.74) is 0. The van der Waals surface area contributed by atoms with Gasteiger partial charge < -0.3 is 5.32 Å². The molecule has 0 fully saturated rings. The lowest BCUT2D eigenvalue weighted by Gasteiger charge is -2.16. The molecule has 0 bridgehead atoms. The zero-order valence-corrected chi connectivity index (χ0v) is 9.86. The molecule has 12 heavy (non-hydrogen) atoms. The smallest absolute Gasteiger partial charge is 0.236 e. The van der Waals surface area contributed by atoms with E-state index < -0.39 is 4.32 Å². The number of amides is 1. The molecule has 3 heteroatoms. The molecule has 0 aliphatic heterocycles. The fourth-order valence-corrected chi connectivity index (χ4v) is 0.825. The Balaban J connectivity index is 3.59. The molecule has 0 aromatic heterocycles. The van der Waals surface area contributed by atoms with Gasteiger partial charge in [-0.15, -0.1) is 0 Å². The second kappa shape index (κ2) is 4.85. The van der Waals surface area contributed by atoms with Gasteiger partial charge in [0, 0.05) is 6.54 Å². The van der Waals surface area contributed by atoms with Crippen LogP contribution in [0.3, 0.4) is 0 Å². The van der Waals surface area contributed by atoms with Crippen molar-refractivity contribution >= 4 is 21.8 Å². The second-order valence-corrected chi connectivity index (χ2v) is 5.89. The van der Waals surface area contributed by atoms with Crippen LogP contribution in [0.25, 0.3) is 0 Å². The molecule has 0 aromatic rings. The van der Waals surface area contributed by atoms with Gasteiger partial charge in [0.2, 0.25) is 5.91 Å². The SMILES string of the molecule is CC(C)CCNC(=O)C(C)(C)Br. The number of alkyl halides is 1. The van der Waals surface area contributed by atoms with E-state index in [0.717, 1.165) is 13.0 Å². The molecular weight excluding hydrogens is 218 g/mol. The van der Waals surface area contributed by atoms with Crippen LogP contribution < -0.4 is 5.32 Å². The molecule has 0 heterocycles. The highest BCUT2D eigenvalue weighted by Crippen LogP contribution is 2.15. The highest BCUT2D eigenvalue weighted by atomic mass is 79.9. The van der Waals surface area contributed by atoms with Crippen molar-refractivity contribution in [1.29, 1.82) is 0 Å². The Morgan fingerprint density at radius 3 is 2.33 bits per heavy atom. The fraction of sp³-hybridized carbons (Fsp3) is 0.889. The molecule has 0 aliphatic carbocycles. The molecule has 0 saturated carbocycles. The van der Waals surface area contributed by atoms with Crippen molar-refractivity contribution in [2.24, 2.45) is 5.92 Å². The molecule has 0 radical (unpaired) electrons. The molecular formula is C9H18BrNO. The van der Waals surface area contributed by atoms with Gasteiger partial charge in [0.25, 0.3) is 0 Å². The van der Waals surface area contributed by atoms with Gasteiger partial charge >= 0.3 is 0 Å². The van der Waals surface area contributed by atoms with Gasteiger partial charge in [-0.2, -0.15) is 0 Å². The first-order valence-electron chi connectivity index (χ1n) is 4.31. The number of carbonyl (C=O) groups excluding carboxylic acids is 1. The number of carbonyl (C=O) groups is 1. The van der Waals surface area contributed by atoms with Crippen LogP contribution in [0.2, 0.25) is 0 Å². The third-order valence-corrected chi connectivity index (χ3v) is 1.91. The van der Waals surface area contributed by atoms with Gasteiger partial charge in [0.1, 0.15) is 0 Å². The van der Waals surface area contributed by atoms with E-state index in [-0.39, 0.29) is 5.91 Å². The molecule has 2 nitrogen and oxygen atoms in total. The third kappa shape index (κ3) is 5.58. The number of halogens is 1. The van der Waals surface area contributed by atoms with Crippen LogP contribution in [0.4, 0.5) is 0 Å². The van der Waals surface area contributed by atoms with Crippen molar-refractivity contribution in [2.45, 2.75) is 38.4 Å². The van der Waals surface area contributed by atoms with Crippen LogP contribution in [0.1, 0.15) is 34.1 Å². The summed E-state index contributed by atoms with van der Waals surface area (Å²) >= 11 is 3.30. The molecule has 0 spiro atoms. The largest absolute Gasteiger partial charge is 0.355 e. The van der Waals surface area contributed by atoms with Gasteiger partial charge in [-0.3, -0.25) is 4.79 Å². The topological polar surface area (TPSA) is 29.1 Å². The monoisotopic (exact) mass is 235 g/mol. The molecule has 0 aromatic carbocycles. The third-order valence-electron chi connectivity index (χ3n) is 1.55. The quantitative estimate of drug-likeness (QED) is 0.745. The maximum Gasteiger partial charge on any atom is 0.236 e. The van der Waals surface area contributed by atoms with Crippen LogP contribution in [-0.4, -0.2) is 16.8 Å². The number of hydrogen-bond donors (Lipinski definition) is 1. The summed E-state index contributed by atoms with van der Waals surface area (Å²) in [6.07, 6.45) is 1.04. The predicted molar refractivity (Wildman–Crippen MR) is 55.5 cm³/mol. The molecule has 1 N–H and O–H groups in total. The summed E-state index contributed by atoms with van der Waals surface area (Å²) in [7, 11) is 0. The van der Waals surface area contributed by atoms with E-state index in [0.29, 0.717) is 5.92 Å². The summed E-state index contributed by atoms with van der Waals surface area (Å²) in [6.45, 7) is 8.75. The van der Waals surface area contributed by atoms with Crippen molar-refractivity contribution in [3.8, 4) is 0 Å². The van der Waals surface area contributed by atoms with Crippen molar-refractivity contribution in [1.82, 2.24) is 5.32 Å². The molecule has 1 amide bonds. The molecule has 0 saturated heterocycles. The Labute approximate surface area is 83.2 Å². The number of nitrogens with one attached hydrogen (secondary N) is 1. The van der Waals surface area contributed by atoms with Gasteiger partial charge in [0.05, 0.1) is 4.32 Å². The Morgan fingerprint density at radius 2 is 2.00 bits per heavy atom. The van der Waals surface area contributed by atoms with Crippen molar-refractivity contribution in [3.63, 3.8) is 0 Å². The van der Waals surface area contributed by atoms with E-state index in [1.165, 1.54) is 0 Å². The lowest BCUT2D eigenvalue weighted by atomic mass is 10.1. The van der Waals surface area contributed by atoms with E-state index >= 15 is 0 Å². The Hall–Kier alpha value is -0.0500. The van der Waals surface area contributed by atoms with E-state index in [1.54, 1.807) is 0 Å². The summed E-state index contributed by atoms with van der Waals surface area (Å²) in [4.78, 5) is 11.3. The zero-order chi connectivity index (χ0) is 9.78. The van der Waals surface area contributed by atoms with Crippen molar-refractivity contribution in [2.75, 3.05) is 6.54 Å². The van der Waals surface area contributed by atoms with Crippen LogP contribution in [0.5, 0.6) is 0 Å². The Morgan fingerprint density at radius 1 is 1.50 bits per heavy atom. The minimum atomic E-state index is -0.440. The molecule has 0 atom stereocenters. The first-order chi connectivity index (χ1) is 5.34. The normalized spacial score (nSPS) is 11.8. The predicted octanol–water partition coefficient (Wildman–Crippen LogP) is 2.32. The number of hydrogen-bond acceptors (Lipinski definition) is 1. The Bertz CT molecular complexity index is 149. The van der Waals surface area contributed by atoms with E-state index in [2.05, 4.69) is 35.1 Å². The zero-order valence-electron chi connectivity index (χ0n) is 8.28. The fourth-order valence-electron chi connectivity index (χ4n) is 0.685. The maximum atomic E-state index is 11.3. The van der Waals surface area contributed by atoms with Crippen LogP contribution >= 0.6 is 15.9 Å². The molecule has 0 rings (SSSR count). The summed E-state index contributed by atoms with van der Waals surface area (Å²) in [5.74, 6) is 0.701. The highest BCUT2D eigenvalue weighted by molar-refractivity contribution is 9.10. The first-order valence-corrected chi connectivity index (χ1v) is 5.10. The molecule has 0 unspecified atom stereocenters. The van der Waals surface area contributed by atoms with Crippen molar-refractivity contribution in [3.05, 3.63) is 0 Å². The lowest BCUT2D eigenvalue weighted by Crippen LogP contribution is -2.38. The van der Waals surface area contributed by atoms with Crippen molar-refractivity contribution < 1.29 is 4.79 Å². The van der Waals surface area contributed by atoms with E-state index in [4.69, 9.17) is 0 Å². The number of rotatable bonds is 4. The maximum absolute atomic E-state index is 11.3. The molecule has 72 valence electrons. The van der Waals surface area contributed by atoms with Gasteiger partial charge in [-0.1, -0.05) is 29.8 Å². The average molecular weight is 236 g/mol. The van der Waals surface area contributed by atoms with Crippen LogP contribution in [0, 0.1) is 5.92 Å². The van der Waals surface area contributed by atoms with Gasteiger partial charge in [-0.25, -0.2) is 0 Å². The van der Waals surface area contributed by atoms with Crippen LogP contribution in [-0.2, 0) is 4.79 Å².